The average molecular weight is 541 g/mol. The van der Waals surface area contributed by atoms with Crippen LogP contribution in [0.5, 0.6) is 0 Å². The van der Waals surface area contributed by atoms with Gasteiger partial charge in [-0.1, -0.05) is 12.1 Å². The zero-order chi connectivity index (χ0) is 27.4. The van der Waals surface area contributed by atoms with Crippen LogP contribution in [0.15, 0.2) is 41.2 Å². The van der Waals surface area contributed by atoms with Crippen molar-refractivity contribution in [1.29, 1.82) is 0 Å². The van der Waals surface area contributed by atoms with Crippen molar-refractivity contribution >= 4 is 11.6 Å². The lowest BCUT2D eigenvalue weighted by atomic mass is 9.98. The predicted octanol–water partition coefficient (Wildman–Crippen LogP) is 2.60. The highest BCUT2D eigenvalue weighted by Crippen LogP contribution is 2.35. The Balaban J connectivity index is 1.25. The van der Waals surface area contributed by atoms with Gasteiger partial charge in [-0.3, -0.25) is 14.3 Å². The summed E-state index contributed by atoms with van der Waals surface area (Å²) in [5.41, 5.74) is 7.90. The summed E-state index contributed by atoms with van der Waals surface area (Å²) in [7, 11) is 1.63. The minimum atomic E-state index is -0.262. The van der Waals surface area contributed by atoms with Crippen LogP contribution in [-0.4, -0.2) is 48.3 Å². The van der Waals surface area contributed by atoms with Crippen molar-refractivity contribution in [3.63, 3.8) is 0 Å². The van der Waals surface area contributed by atoms with E-state index in [2.05, 4.69) is 20.8 Å². The lowest BCUT2D eigenvalue weighted by Gasteiger charge is -2.30. The number of aryl methyl sites for hydroxylation is 2. The van der Waals surface area contributed by atoms with E-state index < -0.39 is 0 Å². The van der Waals surface area contributed by atoms with Crippen molar-refractivity contribution in [2.45, 2.75) is 58.4 Å². The molecule has 0 saturated carbocycles. The lowest BCUT2D eigenvalue weighted by Crippen LogP contribution is -2.38. The van der Waals surface area contributed by atoms with Crippen molar-refractivity contribution < 1.29 is 14.6 Å². The van der Waals surface area contributed by atoms with E-state index in [1.165, 1.54) is 10.4 Å². The normalized spacial score (nSPS) is 16.6. The molecule has 0 spiro atoms. The molecule has 3 aliphatic rings. The van der Waals surface area contributed by atoms with E-state index in [0.29, 0.717) is 60.8 Å². The first-order valence-corrected chi connectivity index (χ1v) is 14.0. The van der Waals surface area contributed by atoms with Crippen LogP contribution in [0.3, 0.4) is 0 Å². The second kappa shape index (κ2) is 9.87. The summed E-state index contributed by atoms with van der Waals surface area (Å²) in [6, 6.07) is 11.5. The van der Waals surface area contributed by atoms with E-state index in [1.54, 1.807) is 18.0 Å². The lowest BCUT2D eigenvalue weighted by molar-refractivity contribution is 0.0800. The second-order valence-corrected chi connectivity index (χ2v) is 10.8. The Labute approximate surface area is 231 Å². The zero-order valence-corrected chi connectivity index (χ0v) is 22.6. The first-order chi connectivity index (χ1) is 19.5. The average Bonchev–Trinajstić information content (AvgIpc) is 3.56. The Bertz CT molecular complexity index is 1670. The first kappa shape index (κ1) is 25.0. The number of nitrogens with zero attached hydrogens (tertiary/aromatic N) is 6. The van der Waals surface area contributed by atoms with Gasteiger partial charge < -0.3 is 19.3 Å². The van der Waals surface area contributed by atoms with Crippen molar-refractivity contribution in [2.75, 3.05) is 18.1 Å². The number of aliphatic hydroxyl groups is 1. The van der Waals surface area contributed by atoms with E-state index in [9.17, 15) is 14.7 Å². The molecule has 6 heterocycles. The number of hydrogen-bond donors (Lipinski definition) is 1. The molecule has 7 rings (SSSR count). The van der Waals surface area contributed by atoms with E-state index in [-0.39, 0.29) is 18.1 Å². The first-order valence-electron chi connectivity index (χ1n) is 14.0. The number of anilines is 1. The van der Waals surface area contributed by atoms with Crippen LogP contribution in [0.25, 0.3) is 11.3 Å². The molecule has 0 atom stereocenters. The molecular weight excluding hydrogens is 508 g/mol. The number of amides is 1. The Hall–Kier alpha value is -4.02. The van der Waals surface area contributed by atoms with Gasteiger partial charge in [0.2, 0.25) is 0 Å². The minimum Gasteiger partial charge on any atom is -0.392 e. The summed E-state index contributed by atoms with van der Waals surface area (Å²) in [6.45, 7) is 3.11. The summed E-state index contributed by atoms with van der Waals surface area (Å²) < 4.78 is 11.1. The van der Waals surface area contributed by atoms with Crippen LogP contribution in [0.1, 0.15) is 57.1 Å². The van der Waals surface area contributed by atoms with E-state index >= 15 is 0 Å². The summed E-state index contributed by atoms with van der Waals surface area (Å²) in [4.78, 5) is 28.6. The highest BCUT2D eigenvalue weighted by atomic mass is 16.5. The number of carbonyl (C=O) groups is 1. The van der Waals surface area contributed by atoms with Crippen LogP contribution in [0.2, 0.25) is 0 Å². The van der Waals surface area contributed by atoms with Crippen molar-refractivity contribution in [3.8, 4) is 11.3 Å². The Morgan fingerprint density at radius 3 is 2.73 bits per heavy atom. The highest BCUT2D eigenvalue weighted by molar-refractivity contribution is 6.09. The molecule has 1 N–H and O–H groups in total. The largest absolute Gasteiger partial charge is 0.392 e. The van der Waals surface area contributed by atoms with Gasteiger partial charge in [0, 0.05) is 61.1 Å². The van der Waals surface area contributed by atoms with Gasteiger partial charge in [-0.2, -0.15) is 10.2 Å². The fourth-order valence-corrected chi connectivity index (χ4v) is 6.45. The summed E-state index contributed by atoms with van der Waals surface area (Å²) in [5, 5.41) is 19.8. The molecule has 10 nitrogen and oxygen atoms in total. The Morgan fingerprint density at radius 1 is 0.975 bits per heavy atom. The number of benzene rings is 1. The number of fused-ring (bicyclic) bond motifs is 4. The molecular formula is C30H32N6O4. The quantitative estimate of drug-likeness (QED) is 0.417. The number of ether oxygens (including phenoxy) is 1. The van der Waals surface area contributed by atoms with Gasteiger partial charge in [0.1, 0.15) is 0 Å². The monoisotopic (exact) mass is 540 g/mol. The van der Waals surface area contributed by atoms with Crippen LogP contribution < -0.4 is 10.5 Å². The number of aromatic nitrogens is 5. The minimum absolute atomic E-state index is 0.0307. The molecule has 1 aromatic carbocycles. The molecule has 0 saturated heterocycles. The molecule has 0 unspecified atom stereocenters. The zero-order valence-electron chi connectivity index (χ0n) is 22.6. The molecule has 0 bridgehead atoms. The third-order valence-corrected chi connectivity index (χ3v) is 8.40. The maximum atomic E-state index is 13.7. The Morgan fingerprint density at radius 2 is 1.88 bits per heavy atom. The van der Waals surface area contributed by atoms with Gasteiger partial charge >= 0.3 is 0 Å². The second-order valence-electron chi connectivity index (χ2n) is 10.8. The fraction of sp³-hybridized carbons (Fsp3) is 0.400. The molecule has 0 aliphatic carbocycles. The van der Waals surface area contributed by atoms with Gasteiger partial charge in [0.05, 0.1) is 54.7 Å². The van der Waals surface area contributed by atoms with Gasteiger partial charge in [0.25, 0.3) is 11.5 Å². The van der Waals surface area contributed by atoms with Crippen molar-refractivity contribution in [2.24, 2.45) is 7.05 Å². The summed E-state index contributed by atoms with van der Waals surface area (Å²) in [5.74, 6) is -0.0307. The van der Waals surface area contributed by atoms with Crippen LogP contribution >= 0.6 is 0 Å². The Kier molecular flexibility index (Phi) is 6.16. The number of hydrogen-bond acceptors (Lipinski definition) is 6. The predicted molar refractivity (Wildman–Crippen MR) is 148 cm³/mol. The maximum absolute atomic E-state index is 13.7. The van der Waals surface area contributed by atoms with Gasteiger partial charge in [-0.25, -0.2) is 4.68 Å². The smallest absolute Gasteiger partial charge is 0.270 e. The standard InChI is InChI=1S/C30H32N6O4/c1-33-29(38)19(13-20-15-22-18-40-12-11-36(22)31-20)14-26(32-33)23-6-4-7-27(25(23)17-37)35-10-8-28-24(30(35)39)16-21-5-2-3-9-34(21)28/h4,6-7,14-16,37H,2-3,5,8-13,17-18H2,1H3. The topological polar surface area (TPSA) is 107 Å². The molecule has 10 heteroatoms. The number of rotatable bonds is 5. The summed E-state index contributed by atoms with van der Waals surface area (Å²) in [6.07, 6.45) is 4.45. The number of carbonyl (C=O) groups excluding carboxylic acids is 1. The van der Waals surface area contributed by atoms with Crippen LogP contribution in [0, 0.1) is 0 Å². The number of aliphatic hydroxyl groups excluding tert-OH is 1. The third kappa shape index (κ3) is 4.10. The van der Waals surface area contributed by atoms with Crippen molar-refractivity contribution in [3.05, 3.63) is 86.2 Å². The van der Waals surface area contributed by atoms with Crippen LogP contribution in [0.4, 0.5) is 5.69 Å². The molecule has 206 valence electrons. The SMILES string of the molecule is Cn1nc(-c2cccc(N3CCc4c(cc5n4CCCC5)C3=O)c2CO)cc(Cc2cc3n(n2)CCOC3)c1=O. The van der Waals surface area contributed by atoms with E-state index in [1.807, 2.05) is 28.9 Å². The highest BCUT2D eigenvalue weighted by Gasteiger charge is 2.32. The third-order valence-electron chi connectivity index (χ3n) is 8.40. The van der Waals surface area contributed by atoms with E-state index in [0.717, 1.165) is 54.9 Å². The molecule has 0 fully saturated rings. The molecule has 3 aliphatic heterocycles. The molecule has 3 aromatic heterocycles. The molecule has 4 aromatic rings. The van der Waals surface area contributed by atoms with Crippen molar-refractivity contribution in [1.82, 2.24) is 24.1 Å². The van der Waals surface area contributed by atoms with E-state index in [4.69, 9.17) is 4.74 Å². The van der Waals surface area contributed by atoms with Gasteiger partial charge in [-0.05, 0) is 43.5 Å². The van der Waals surface area contributed by atoms with Gasteiger partial charge in [0.15, 0.2) is 0 Å². The molecule has 1 amide bonds. The molecule has 0 radical (unpaired) electrons. The molecule has 40 heavy (non-hydrogen) atoms. The summed E-state index contributed by atoms with van der Waals surface area (Å²) >= 11 is 0. The van der Waals surface area contributed by atoms with Crippen LogP contribution in [-0.2, 0) is 57.4 Å². The fourth-order valence-electron chi connectivity index (χ4n) is 6.45. The van der Waals surface area contributed by atoms with Gasteiger partial charge in [-0.15, -0.1) is 0 Å². The maximum Gasteiger partial charge on any atom is 0.270 e.